The standard InChI is InChI=1S/C17H19N3O3.2ClH/c18-11-15-5-6-16(23-15)17(21)20-12-1-3-13(4-2-12)22-14-7-9-19-10-8-14;;/h1-4,7-10,15-16H,5-6,11,18H2,(H,20,21);2*1H/t15-,16+;;/m1../s1. The van der Waals surface area contributed by atoms with E-state index in [-0.39, 0.29) is 36.8 Å². The van der Waals surface area contributed by atoms with Crippen LogP contribution in [0.1, 0.15) is 12.8 Å². The lowest BCUT2D eigenvalue weighted by atomic mass is 10.2. The maximum absolute atomic E-state index is 12.1. The number of carbonyl (C=O) groups excluding carboxylic acids is 1. The van der Waals surface area contributed by atoms with Crippen LogP contribution in [0.4, 0.5) is 5.69 Å². The fourth-order valence-corrected chi connectivity index (χ4v) is 2.44. The summed E-state index contributed by atoms with van der Waals surface area (Å²) in [4.78, 5) is 16.1. The first-order valence-electron chi connectivity index (χ1n) is 7.59. The molecule has 2 aromatic rings. The number of rotatable bonds is 5. The van der Waals surface area contributed by atoms with Crippen molar-refractivity contribution in [2.24, 2.45) is 5.73 Å². The molecule has 3 rings (SSSR count). The van der Waals surface area contributed by atoms with Crippen LogP contribution in [-0.4, -0.2) is 29.6 Å². The summed E-state index contributed by atoms with van der Waals surface area (Å²) in [6.07, 6.45) is 4.43. The predicted octanol–water partition coefficient (Wildman–Crippen LogP) is 3.16. The first-order chi connectivity index (χ1) is 11.2. The summed E-state index contributed by atoms with van der Waals surface area (Å²) in [6, 6.07) is 10.7. The smallest absolute Gasteiger partial charge is 0.253 e. The third-order valence-electron chi connectivity index (χ3n) is 3.67. The predicted molar refractivity (Wildman–Crippen MR) is 101 cm³/mol. The van der Waals surface area contributed by atoms with Gasteiger partial charge in [-0.15, -0.1) is 24.8 Å². The van der Waals surface area contributed by atoms with Gasteiger partial charge in [0.15, 0.2) is 0 Å². The number of anilines is 1. The fraction of sp³-hybridized carbons (Fsp3) is 0.294. The van der Waals surface area contributed by atoms with E-state index in [4.69, 9.17) is 15.2 Å². The fourth-order valence-electron chi connectivity index (χ4n) is 2.44. The number of aromatic nitrogens is 1. The van der Waals surface area contributed by atoms with Crippen molar-refractivity contribution in [1.29, 1.82) is 0 Å². The molecule has 2 heterocycles. The van der Waals surface area contributed by atoms with E-state index < -0.39 is 6.10 Å². The number of ether oxygens (including phenoxy) is 2. The molecule has 6 nitrogen and oxygen atoms in total. The Morgan fingerprint density at radius 1 is 1.12 bits per heavy atom. The molecule has 0 aliphatic carbocycles. The van der Waals surface area contributed by atoms with Crippen LogP contribution in [0.15, 0.2) is 48.8 Å². The summed E-state index contributed by atoms with van der Waals surface area (Å²) in [5.74, 6) is 1.27. The second kappa shape index (κ2) is 10.2. The van der Waals surface area contributed by atoms with Gasteiger partial charge in [0.2, 0.25) is 0 Å². The molecule has 0 saturated carbocycles. The van der Waals surface area contributed by atoms with Gasteiger partial charge in [-0.1, -0.05) is 0 Å². The maximum atomic E-state index is 12.1. The van der Waals surface area contributed by atoms with E-state index in [0.29, 0.717) is 30.2 Å². The van der Waals surface area contributed by atoms with Gasteiger partial charge in [-0.25, -0.2) is 0 Å². The number of halogens is 2. The first-order valence-corrected chi connectivity index (χ1v) is 7.59. The molecule has 1 aromatic carbocycles. The van der Waals surface area contributed by atoms with Crippen LogP contribution in [-0.2, 0) is 9.53 Å². The summed E-state index contributed by atoms with van der Waals surface area (Å²) in [5.41, 5.74) is 6.26. The lowest BCUT2D eigenvalue weighted by Crippen LogP contribution is -2.29. The number of nitrogens with zero attached hydrogens (tertiary/aromatic N) is 1. The van der Waals surface area contributed by atoms with Gasteiger partial charge < -0.3 is 20.5 Å². The summed E-state index contributed by atoms with van der Waals surface area (Å²) in [5, 5.41) is 2.85. The Bertz CT molecular complexity index is 656. The maximum Gasteiger partial charge on any atom is 0.253 e. The van der Waals surface area contributed by atoms with E-state index in [0.717, 1.165) is 6.42 Å². The number of hydrogen-bond donors (Lipinski definition) is 2. The normalized spacial score (nSPS) is 18.6. The van der Waals surface area contributed by atoms with Crippen LogP contribution in [0.25, 0.3) is 0 Å². The highest BCUT2D eigenvalue weighted by molar-refractivity contribution is 5.94. The molecule has 25 heavy (non-hydrogen) atoms. The number of carbonyl (C=O) groups is 1. The zero-order valence-corrected chi connectivity index (χ0v) is 15.1. The van der Waals surface area contributed by atoms with Crippen molar-refractivity contribution >= 4 is 36.4 Å². The van der Waals surface area contributed by atoms with Crippen LogP contribution in [0.2, 0.25) is 0 Å². The zero-order chi connectivity index (χ0) is 16.1. The molecular formula is C17H21Cl2N3O3. The lowest BCUT2D eigenvalue weighted by molar-refractivity contribution is -0.126. The third-order valence-corrected chi connectivity index (χ3v) is 3.67. The Balaban J connectivity index is 0.00000156. The average Bonchev–Trinajstić information content (AvgIpc) is 3.07. The molecule has 8 heteroatoms. The second-order valence-electron chi connectivity index (χ2n) is 5.36. The number of hydrogen-bond acceptors (Lipinski definition) is 5. The monoisotopic (exact) mass is 385 g/mol. The van der Waals surface area contributed by atoms with Crippen molar-refractivity contribution in [1.82, 2.24) is 4.98 Å². The van der Waals surface area contributed by atoms with E-state index in [9.17, 15) is 4.79 Å². The third kappa shape index (κ3) is 5.86. The van der Waals surface area contributed by atoms with Gasteiger partial charge in [0.1, 0.15) is 17.6 Å². The summed E-state index contributed by atoms with van der Waals surface area (Å²) < 4.78 is 11.3. The molecule has 1 fully saturated rings. The number of nitrogens with one attached hydrogen (secondary N) is 1. The number of benzene rings is 1. The number of pyridine rings is 1. The minimum atomic E-state index is -0.420. The van der Waals surface area contributed by atoms with Gasteiger partial charge in [0.25, 0.3) is 5.91 Å². The Morgan fingerprint density at radius 3 is 2.36 bits per heavy atom. The molecule has 0 unspecified atom stereocenters. The molecule has 1 amide bonds. The Morgan fingerprint density at radius 2 is 1.76 bits per heavy atom. The SMILES string of the molecule is Cl.Cl.NC[C@H]1CC[C@@H](C(=O)Nc2ccc(Oc3ccncc3)cc2)O1. The lowest BCUT2D eigenvalue weighted by Gasteiger charge is -2.13. The van der Waals surface area contributed by atoms with Gasteiger partial charge in [-0.05, 0) is 49.2 Å². The van der Waals surface area contributed by atoms with Crippen molar-refractivity contribution in [3.63, 3.8) is 0 Å². The first kappa shape index (κ1) is 21.2. The number of nitrogens with two attached hydrogens (primary N) is 1. The van der Waals surface area contributed by atoms with Crippen molar-refractivity contribution < 1.29 is 14.3 Å². The second-order valence-corrected chi connectivity index (χ2v) is 5.36. The Hall–Kier alpha value is -1.86. The van der Waals surface area contributed by atoms with Crippen molar-refractivity contribution in [3.8, 4) is 11.5 Å². The Kier molecular flexibility index (Phi) is 8.65. The minimum Gasteiger partial charge on any atom is -0.457 e. The van der Waals surface area contributed by atoms with Crippen molar-refractivity contribution in [2.45, 2.75) is 25.0 Å². The van der Waals surface area contributed by atoms with E-state index in [2.05, 4.69) is 10.3 Å². The molecule has 1 saturated heterocycles. The van der Waals surface area contributed by atoms with Gasteiger partial charge in [-0.2, -0.15) is 0 Å². The molecule has 0 spiro atoms. The van der Waals surface area contributed by atoms with E-state index in [1.165, 1.54) is 0 Å². The molecule has 0 radical (unpaired) electrons. The van der Waals surface area contributed by atoms with Gasteiger partial charge in [0, 0.05) is 24.6 Å². The van der Waals surface area contributed by atoms with E-state index >= 15 is 0 Å². The Labute approximate surface area is 158 Å². The van der Waals surface area contributed by atoms with E-state index in [1.54, 1.807) is 48.8 Å². The van der Waals surface area contributed by atoms with Crippen LogP contribution < -0.4 is 15.8 Å². The summed E-state index contributed by atoms with van der Waals surface area (Å²) in [7, 11) is 0. The summed E-state index contributed by atoms with van der Waals surface area (Å²) >= 11 is 0. The molecule has 0 bridgehead atoms. The van der Waals surface area contributed by atoms with Crippen molar-refractivity contribution in [2.75, 3.05) is 11.9 Å². The molecular weight excluding hydrogens is 365 g/mol. The van der Waals surface area contributed by atoms with Crippen LogP contribution >= 0.6 is 24.8 Å². The highest BCUT2D eigenvalue weighted by Crippen LogP contribution is 2.24. The molecule has 1 aromatic heterocycles. The average molecular weight is 386 g/mol. The van der Waals surface area contributed by atoms with Crippen LogP contribution in [0.5, 0.6) is 11.5 Å². The van der Waals surface area contributed by atoms with Crippen LogP contribution in [0.3, 0.4) is 0 Å². The quantitative estimate of drug-likeness (QED) is 0.825. The molecule has 136 valence electrons. The zero-order valence-electron chi connectivity index (χ0n) is 13.5. The largest absolute Gasteiger partial charge is 0.457 e. The summed E-state index contributed by atoms with van der Waals surface area (Å²) in [6.45, 7) is 0.449. The molecule has 1 aliphatic heterocycles. The molecule has 1 aliphatic rings. The minimum absolute atomic E-state index is 0. The number of amides is 1. The van der Waals surface area contributed by atoms with Crippen LogP contribution in [0, 0.1) is 0 Å². The topological polar surface area (TPSA) is 86.5 Å². The van der Waals surface area contributed by atoms with Gasteiger partial charge in [0.05, 0.1) is 6.10 Å². The van der Waals surface area contributed by atoms with Crippen molar-refractivity contribution in [3.05, 3.63) is 48.8 Å². The van der Waals surface area contributed by atoms with E-state index in [1.807, 2.05) is 0 Å². The van der Waals surface area contributed by atoms with Gasteiger partial charge >= 0.3 is 0 Å². The van der Waals surface area contributed by atoms with Gasteiger partial charge in [-0.3, -0.25) is 9.78 Å². The highest BCUT2D eigenvalue weighted by Gasteiger charge is 2.29. The highest BCUT2D eigenvalue weighted by atomic mass is 35.5. The molecule has 2 atom stereocenters. The molecule has 3 N–H and O–H groups in total.